The first-order valence-electron chi connectivity index (χ1n) is 6.64. The summed E-state index contributed by atoms with van der Waals surface area (Å²) < 4.78 is 0. The maximum Gasteiger partial charge on any atom is 0.0741 e. The predicted octanol–water partition coefficient (Wildman–Crippen LogP) is 1.60. The summed E-state index contributed by atoms with van der Waals surface area (Å²) in [7, 11) is 2.19. The fourth-order valence-corrected chi connectivity index (χ4v) is 2.56. The molecular formula is C13H28N2O. The normalized spacial score (nSPS) is 21.6. The molecule has 16 heavy (non-hydrogen) atoms. The van der Waals surface area contributed by atoms with Gasteiger partial charge in [-0.3, -0.25) is 0 Å². The highest BCUT2D eigenvalue weighted by atomic mass is 16.3. The highest BCUT2D eigenvalue weighted by molar-refractivity contribution is 4.74. The highest BCUT2D eigenvalue weighted by Crippen LogP contribution is 2.25. The van der Waals surface area contributed by atoms with Gasteiger partial charge >= 0.3 is 0 Å². The maximum absolute atomic E-state index is 9.78. The molecule has 0 amide bonds. The Kier molecular flexibility index (Phi) is 5.73. The van der Waals surface area contributed by atoms with Crippen molar-refractivity contribution in [2.45, 2.75) is 51.0 Å². The lowest BCUT2D eigenvalue weighted by atomic mass is 10.0. The second-order valence-corrected chi connectivity index (χ2v) is 5.72. The van der Waals surface area contributed by atoms with Gasteiger partial charge in [-0.05, 0) is 52.1 Å². The number of nitrogens with zero attached hydrogens (tertiary/aromatic N) is 1. The molecule has 1 atom stereocenters. The molecule has 0 aromatic rings. The molecule has 1 saturated carbocycles. The van der Waals surface area contributed by atoms with Crippen LogP contribution in [-0.4, -0.2) is 42.3 Å². The van der Waals surface area contributed by atoms with Crippen LogP contribution in [0.3, 0.4) is 0 Å². The van der Waals surface area contributed by atoms with Crippen molar-refractivity contribution in [1.29, 1.82) is 0 Å². The van der Waals surface area contributed by atoms with Crippen molar-refractivity contribution in [2.75, 3.05) is 26.7 Å². The third-order valence-electron chi connectivity index (χ3n) is 3.74. The van der Waals surface area contributed by atoms with Gasteiger partial charge in [-0.2, -0.15) is 0 Å². The minimum atomic E-state index is -0.672. The molecule has 0 bridgehead atoms. The van der Waals surface area contributed by atoms with Crippen LogP contribution in [0.15, 0.2) is 0 Å². The Labute approximate surface area is 100 Å². The summed E-state index contributed by atoms with van der Waals surface area (Å²) in [5.74, 6) is 0.917. The zero-order valence-corrected chi connectivity index (χ0v) is 10.9. The van der Waals surface area contributed by atoms with Crippen LogP contribution in [0.2, 0.25) is 0 Å². The van der Waals surface area contributed by atoms with Gasteiger partial charge in [-0.15, -0.1) is 0 Å². The SMILES string of the molecule is CN(CCCC(C)(O)CN)CC1CCCC1. The van der Waals surface area contributed by atoms with Crippen molar-refractivity contribution in [3.63, 3.8) is 0 Å². The van der Waals surface area contributed by atoms with Crippen LogP contribution in [-0.2, 0) is 0 Å². The van der Waals surface area contributed by atoms with Crippen molar-refractivity contribution in [1.82, 2.24) is 4.90 Å². The van der Waals surface area contributed by atoms with Crippen LogP contribution in [0.5, 0.6) is 0 Å². The maximum atomic E-state index is 9.78. The van der Waals surface area contributed by atoms with Crippen molar-refractivity contribution in [3.05, 3.63) is 0 Å². The van der Waals surface area contributed by atoms with Crippen LogP contribution < -0.4 is 5.73 Å². The minimum absolute atomic E-state index is 0.360. The Morgan fingerprint density at radius 1 is 1.38 bits per heavy atom. The van der Waals surface area contributed by atoms with E-state index in [-0.39, 0.29) is 0 Å². The van der Waals surface area contributed by atoms with Gasteiger partial charge in [0.25, 0.3) is 0 Å². The Hall–Kier alpha value is -0.120. The molecule has 0 radical (unpaired) electrons. The number of aliphatic hydroxyl groups is 1. The molecule has 0 aliphatic heterocycles. The first-order valence-corrected chi connectivity index (χ1v) is 6.64. The van der Waals surface area contributed by atoms with E-state index in [9.17, 15) is 5.11 Å². The fraction of sp³-hybridized carbons (Fsp3) is 1.00. The van der Waals surface area contributed by atoms with E-state index < -0.39 is 5.60 Å². The number of hydrogen-bond acceptors (Lipinski definition) is 3. The predicted molar refractivity (Wildman–Crippen MR) is 68.4 cm³/mol. The van der Waals surface area contributed by atoms with Gasteiger partial charge in [-0.25, -0.2) is 0 Å². The average Bonchev–Trinajstić information content (AvgIpc) is 2.70. The van der Waals surface area contributed by atoms with Gasteiger partial charge in [0.05, 0.1) is 5.60 Å². The van der Waals surface area contributed by atoms with Crippen molar-refractivity contribution < 1.29 is 5.11 Å². The van der Waals surface area contributed by atoms with E-state index in [1.165, 1.54) is 32.2 Å². The summed E-state index contributed by atoms with van der Waals surface area (Å²) in [4.78, 5) is 2.41. The van der Waals surface area contributed by atoms with E-state index >= 15 is 0 Å². The third-order valence-corrected chi connectivity index (χ3v) is 3.74. The zero-order valence-electron chi connectivity index (χ0n) is 10.9. The number of hydrogen-bond donors (Lipinski definition) is 2. The molecule has 0 spiro atoms. The van der Waals surface area contributed by atoms with Crippen LogP contribution in [0.1, 0.15) is 45.4 Å². The monoisotopic (exact) mass is 228 g/mol. The summed E-state index contributed by atoms with van der Waals surface area (Å²) in [5.41, 5.74) is 4.82. The zero-order chi connectivity index (χ0) is 12.0. The summed E-state index contributed by atoms with van der Waals surface area (Å²) in [6.07, 6.45) is 7.49. The van der Waals surface area contributed by atoms with Crippen LogP contribution in [0, 0.1) is 5.92 Å². The van der Waals surface area contributed by atoms with Gasteiger partial charge < -0.3 is 15.7 Å². The van der Waals surface area contributed by atoms with E-state index in [0.717, 1.165) is 25.3 Å². The summed E-state index contributed by atoms with van der Waals surface area (Å²) in [5, 5.41) is 9.78. The molecule has 0 aromatic carbocycles. The number of nitrogens with two attached hydrogens (primary N) is 1. The Bertz CT molecular complexity index is 188. The smallest absolute Gasteiger partial charge is 0.0741 e. The Morgan fingerprint density at radius 2 is 2.00 bits per heavy atom. The molecule has 1 fully saturated rings. The Morgan fingerprint density at radius 3 is 2.56 bits per heavy atom. The molecule has 1 unspecified atom stereocenters. The Balaban J connectivity index is 2.07. The second-order valence-electron chi connectivity index (χ2n) is 5.72. The molecule has 3 N–H and O–H groups in total. The molecular weight excluding hydrogens is 200 g/mol. The van der Waals surface area contributed by atoms with Gasteiger partial charge in [0.2, 0.25) is 0 Å². The van der Waals surface area contributed by atoms with Crippen molar-refractivity contribution in [2.24, 2.45) is 11.7 Å². The highest BCUT2D eigenvalue weighted by Gasteiger charge is 2.19. The summed E-state index contributed by atoms with van der Waals surface area (Å²) >= 11 is 0. The second kappa shape index (κ2) is 6.58. The standard InChI is InChI=1S/C13H28N2O/c1-13(16,11-14)8-5-9-15(2)10-12-6-3-4-7-12/h12,16H,3-11,14H2,1-2H3. The van der Waals surface area contributed by atoms with E-state index in [1.54, 1.807) is 0 Å². The molecule has 0 aromatic heterocycles. The lowest BCUT2D eigenvalue weighted by Crippen LogP contribution is -2.35. The van der Waals surface area contributed by atoms with Crippen LogP contribution in [0.4, 0.5) is 0 Å². The first kappa shape index (κ1) is 13.9. The topological polar surface area (TPSA) is 49.5 Å². The molecule has 1 aliphatic carbocycles. The summed E-state index contributed by atoms with van der Waals surface area (Å²) in [6.45, 7) is 4.49. The summed E-state index contributed by atoms with van der Waals surface area (Å²) in [6, 6.07) is 0. The first-order chi connectivity index (χ1) is 7.53. The largest absolute Gasteiger partial charge is 0.389 e. The molecule has 1 rings (SSSR count). The van der Waals surface area contributed by atoms with Gasteiger partial charge in [0, 0.05) is 13.1 Å². The van der Waals surface area contributed by atoms with E-state index in [0.29, 0.717) is 6.54 Å². The molecule has 0 saturated heterocycles. The minimum Gasteiger partial charge on any atom is -0.389 e. The van der Waals surface area contributed by atoms with E-state index in [4.69, 9.17) is 5.73 Å². The third kappa shape index (κ3) is 5.28. The van der Waals surface area contributed by atoms with Gasteiger partial charge in [-0.1, -0.05) is 12.8 Å². The van der Waals surface area contributed by atoms with E-state index in [1.807, 2.05) is 6.92 Å². The fourth-order valence-electron chi connectivity index (χ4n) is 2.56. The van der Waals surface area contributed by atoms with Crippen LogP contribution >= 0.6 is 0 Å². The number of rotatable bonds is 7. The lowest BCUT2D eigenvalue weighted by Gasteiger charge is -2.24. The van der Waals surface area contributed by atoms with Crippen molar-refractivity contribution in [3.8, 4) is 0 Å². The molecule has 3 heteroatoms. The lowest BCUT2D eigenvalue weighted by molar-refractivity contribution is 0.0548. The average molecular weight is 228 g/mol. The van der Waals surface area contributed by atoms with Gasteiger partial charge in [0.15, 0.2) is 0 Å². The van der Waals surface area contributed by atoms with Crippen molar-refractivity contribution >= 4 is 0 Å². The van der Waals surface area contributed by atoms with E-state index in [2.05, 4.69) is 11.9 Å². The molecule has 96 valence electrons. The molecule has 1 aliphatic rings. The quantitative estimate of drug-likeness (QED) is 0.696. The van der Waals surface area contributed by atoms with Crippen LogP contribution in [0.25, 0.3) is 0 Å². The molecule has 3 nitrogen and oxygen atoms in total. The van der Waals surface area contributed by atoms with Gasteiger partial charge in [0.1, 0.15) is 0 Å². The molecule has 0 heterocycles.